The highest BCUT2D eigenvalue weighted by molar-refractivity contribution is 9.09. The molecule has 0 aromatic carbocycles. The molecule has 1 N–H and O–H groups in total. The quantitative estimate of drug-likeness (QED) is 0.138. The van der Waals surface area contributed by atoms with Crippen molar-refractivity contribution in [2.75, 3.05) is 50.0 Å². The maximum atomic E-state index is 12.4. The summed E-state index contributed by atoms with van der Waals surface area (Å²) in [6, 6.07) is 3.89. The first-order valence-corrected chi connectivity index (χ1v) is 15.6. The lowest BCUT2D eigenvalue weighted by Crippen LogP contribution is -2.44. The molecule has 2 heterocycles. The van der Waals surface area contributed by atoms with Crippen molar-refractivity contribution in [1.82, 2.24) is 15.2 Å². The van der Waals surface area contributed by atoms with Gasteiger partial charge in [0.05, 0.1) is 5.56 Å². The van der Waals surface area contributed by atoms with E-state index in [1.54, 1.807) is 6.20 Å². The van der Waals surface area contributed by atoms with Gasteiger partial charge in [0.2, 0.25) is 0 Å². The van der Waals surface area contributed by atoms with Gasteiger partial charge in [-0.15, -0.1) is 0 Å². The summed E-state index contributed by atoms with van der Waals surface area (Å²) in [5.74, 6) is 0.971. The number of nitrogens with zero attached hydrogens (tertiary/aromatic N) is 3. The van der Waals surface area contributed by atoms with Gasteiger partial charge in [0.25, 0.3) is 5.91 Å². The summed E-state index contributed by atoms with van der Waals surface area (Å²) in [6.07, 6.45) is 23.5. The van der Waals surface area contributed by atoms with Crippen LogP contribution < -0.4 is 10.2 Å². The number of alkyl halides is 1. The first-order valence-electron chi connectivity index (χ1n) is 14.4. The van der Waals surface area contributed by atoms with Gasteiger partial charge in [-0.3, -0.25) is 4.79 Å². The molecule has 1 fully saturated rings. The van der Waals surface area contributed by atoms with Crippen LogP contribution in [0.1, 0.15) is 113 Å². The topological polar surface area (TPSA) is 48.5 Å². The smallest absolute Gasteiger partial charge is 0.252 e. The van der Waals surface area contributed by atoms with Gasteiger partial charge in [-0.05, 0) is 32.0 Å². The van der Waals surface area contributed by atoms with E-state index in [1.165, 1.54) is 96.3 Å². The summed E-state index contributed by atoms with van der Waals surface area (Å²) in [5.41, 5.74) is 0.660. The molecule has 0 atom stereocenters. The molecule has 0 radical (unpaired) electrons. The second kappa shape index (κ2) is 20.0. The number of anilines is 1. The Bertz CT molecular complexity index is 647. The average molecular weight is 552 g/mol. The molecule has 5 nitrogen and oxygen atoms in total. The van der Waals surface area contributed by atoms with Crippen molar-refractivity contribution in [2.24, 2.45) is 0 Å². The molecule has 0 aliphatic carbocycles. The molecule has 0 saturated carbocycles. The molecule has 1 amide bonds. The summed E-state index contributed by atoms with van der Waals surface area (Å²) in [7, 11) is 2.15. The fraction of sp³-hybridized carbons (Fsp3) is 0.793. The average Bonchev–Trinajstić information content (AvgIpc) is 2.88. The summed E-state index contributed by atoms with van der Waals surface area (Å²) in [4.78, 5) is 21.5. The van der Waals surface area contributed by atoms with E-state index in [-0.39, 0.29) is 5.91 Å². The Balaban J connectivity index is 1.36. The third-order valence-electron chi connectivity index (χ3n) is 7.18. The molecular weight excluding hydrogens is 500 g/mol. The number of amides is 1. The Hall–Kier alpha value is -1.14. The van der Waals surface area contributed by atoms with Gasteiger partial charge in [-0.1, -0.05) is 106 Å². The zero-order chi connectivity index (χ0) is 25.0. The summed E-state index contributed by atoms with van der Waals surface area (Å²) in [6.45, 7) is 4.86. The number of carbonyl (C=O) groups excluding carboxylic acids is 1. The van der Waals surface area contributed by atoms with Gasteiger partial charge < -0.3 is 15.1 Å². The van der Waals surface area contributed by atoms with Crippen LogP contribution >= 0.6 is 15.9 Å². The Morgan fingerprint density at radius 2 is 1.26 bits per heavy atom. The summed E-state index contributed by atoms with van der Waals surface area (Å²) >= 11 is 3.50. The van der Waals surface area contributed by atoms with Crippen LogP contribution in [0.4, 0.5) is 5.82 Å². The van der Waals surface area contributed by atoms with E-state index >= 15 is 0 Å². The minimum Gasteiger partial charge on any atom is -0.354 e. The molecule has 35 heavy (non-hydrogen) atoms. The Morgan fingerprint density at radius 1 is 0.771 bits per heavy atom. The van der Waals surface area contributed by atoms with Crippen LogP contribution in [-0.2, 0) is 0 Å². The minimum absolute atomic E-state index is 0.00270. The van der Waals surface area contributed by atoms with E-state index in [0.717, 1.165) is 50.3 Å². The van der Waals surface area contributed by atoms with Crippen LogP contribution in [0.25, 0.3) is 0 Å². The highest BCUT2D eigenvalue weighted by atomic mass is 79.9. The molecule has 1 aromatic heterocycles. The van der Waals surface area contributed by atoms with Crippen molar-refractivity contribution < 1.29 is 4.79 Å². The van der Waals surface area contributed by atoms with Crippen LogP contribution in [-0.4, -0.2) is 60.9 Å². The molecule has 0 unspecified atom stereocenters. The van der Waals surface area contributed by atoms with Crippen molar-refractivity contribution in [1.29, 1.82) is 0 Å². The van der Waals surface area contributed by atoms with E-state index in [1.807, 2.05) is 12.1 Å². The SMILES string of the molecule is CN1CCN(c2ccc(C(=O)NCCCCCCCCCCCCCCCCCCBr)cn2)CC1. The number of likely N-dealkylation sites (N-methyl/N-ethyl adjacent to an activating group) is 1. The summed E-state index contributed by atoms with van der Waals surface area (Å²) in [5, 5.41) is 4.22. The highest BCUT2D eigenvalue weighted by Gasteiger charge is 2.15. The molecule has 0 bridgehead atoms. The Morgan fingerprint density at radius 3 is 1.71 bits per heavy atom. The highest BCUT2D eigenvalue weighted by Crippen LogP contribution is 2.15. The number of unbranched alkanes of at least 4 members (excludes halogenated alkanes) is 15. The molecule has 1 aliphatic rings. The number of hydrogen-bond acceptors (Lipinski definition) is 4. The second-order valence-electron chi connectivity index (χ2n) is 10.3. The molecule has 1 aromatic rings. The first kappa shape index (κ1) is 30.1. The van der Waals surface area contributed by atoms with Gasteiger partial charge in [0.15, 0.2) is 0 Å². The third-order valence-corrected chi connectivity index (χ3v) is 7.74. The fourth-order valence-corrected chi connectivity index (χ4v) is 5.14. The number of carbonyl (C=O) groups is 1. The number of aromatic nitrogens is 1. The zero-order valence-corrected chi connectivity index (χ0v) is 24.0. The van der Waals surface area contributed by atoms with E-state index in [4.69, 9.17) is 0 Å². The van der Waals surface area contributed by atoms with Crippen LogP contribution in [0.3, 0.4) is 0 Å². The number of piperazine rings is 1. The molecular formula is C29H51BrN4O. The van der Waals surface area contributed by atoms with Crippen LogP contribution in [0.15, 0.2) is 18.3 Å². The van der Waals surface area contributed by atoms with E-state index in [2.05, 4.69) is 43.1 Å². The predicted molar refractivity (Wildman–Crippen MR) is 154 cm³/mol. The van der Waals surface area contributed by atoms with Crippen LogP contribution in [0.2, 0.25) is 0 Å². The van der Waals surface area contributed by atoms with Gasteiger partial charge >= 0.3 is 0 Å². The van der Waals surface area contributed by atoms with Crippen molar-refractivity contribution in [3.63, 3.8) is 0 Å². The normalized spacial score (nSPS) is 14.4. The lowest BCUT2D eigenvalue weighted by atomic mass is 10.0. The third kappa shape index (κ3) is 14.3. The van der Waals surface area contributed by atoms with Gasteiger partial charge in [-0.2, -0.15) is 0 Å². The fourth-order valence-electron chi connectivity index (χ4n) is 4.74. The lowest BCUT2D eigenvalue weighted by molar-refractivity contribution is 0.0952. The van der Waals surface area contributed by atoms with Crippen LogP contribution in [0.5, 0.6) is 0 Å². The molecule has 1 aliphatic heterocycles. The van der Waals surface area contributed by atoms with E-state index < -0.39 is 0 Å². The lowest BCUT2D eigenvalue weighted by Gasteiger charge is -2.33. The van der Waals surface area contributed by atoms with Crippen molar-refractivity contribution >= 4 is 27.7 Å². The van der Waals surface area contributed by atoms with Crippen molar-refractivity contribution in [3.05, 3.63) is 23.9 Å². The molecule has 6 heteroatoms. The number of pyridine rings is 1. The monoisotopic (exact) mass is 550 g/mol. The summed E-state index contributed by atoms with van der Waals surface area (Å²) < 4.78 is 0. The molecule has 1 saturated heterocycles. The second-order valence-corrected chi connectivity index (χ2v) is 11.1. The molecule has 200 valence electrons. The van der Waals surface area contributed by atoms with E-state index in [9.17, 15) is 4.79 Å². The largest absolute Gasteiger partial charge is 0.354 e. The standard InChI is InChI=1S/C29H51BrN4O/c1-33-22-24-34(25-23-33)28-19-18-27(26-32-28)29(35)31-21-17-15-13-11-9-7-5-3-2-4-6-8-10-12-14-16-20-30/h18-19,26H,2-17,20-25H2,1H3,(H,31,35). The number of rotatable bonds is 20. The van der Waals surface area contributed by atoms with Gasteiger partial charge in [0.1, 0.15) is 5.82 Å². The Kier molecular flexibility index (Phi) is 17.2. The maximum absolute atomic E-state index is 12.4. The van der Waals surface area contributed by atoms with E-state index in [0.29, 0.717) is 5.56 Å². The molecule has 2 rings (SSSR count). The maximum Gasteiger partial charge on any atom is 0.252 e. The van der Waals surface area contributed by atoms with Crippen molar-refractivity contribution in [2.45, 2.75) is 103 Å². The number of nitrogens with one attached hydrogen (secondary N) is 1. The molecule has 0 spiro atoms. The number of halogens is 1. The number of hydrogen-bond donors (Lipinski definition) is 1. The first-order chi connectivity index (χ1) is 17.2. The van der Waals surface area contributed by atoms with Crippen molar-refractivity contribution in [3.8, 4) is 0 Å². The van der Waals surface area contributed by atoms with Gasteiger partial charge in [0, 0.05) is 44.3 Å². The Labute approximate surface area is 224 Å². The van der Waals surface area contributed by atoms with Gasteiger partial charge in [-0.25, -0.2) is 4.98 Å². The van der Waals surface area contributed by atoms with Crippen LogP contribution in [0, 0.1) is 0 Å². The zero-order valence-electron chi connectivity index (χ0n) is 22.4. The minimum atomic E-state index is -0.00270. The predicted octanol–water partition coefficient (Wildman–Crippen LogP) is 7.20.